The minimum Gasteiger partial charge on any atom is -0.305 e. The number of amides is 1. The van der Waals surface area contributed by atoms with Crippen molar-refractivity contribution in [2.45, 2.75) is 13.5 Å². The SMILES string of the molecule is Cc1ccccc1C(=O)Nc1ccn(Cc2ccccc2Cl)n1. The molecule has 116 valence electrons. The van der Waals surface area contributed by atoms with E-state index in [0.717, 1.165) is 11.1 Å². The second kappa shape index (κ2) is 6.67. The molecule has 0 radical (unpaired) electrons. The molecule has 1 aromatic heterocycles. The molecule has 0 saturated carbocycles. The van der Waals surface area contributed by atoms with Crippen LogP contribution < -0.4 is 5.32 Å². The first kappa shape index (κ1) is 15.3. The number of nitrogens with one attached hydrogen (secondary N) is 1. The first-order chi connectivity index (χ1) is 11.1. The summed E-state index contributed by atoms with van der Waals surface area (Å²) in [5.41, 5.74) is 2.56. The normalized spacial score (nSPS) is 10.5. The summed E-state index contributed by atoms with van der Waals surface area (Å²) in [5.74, 6) is 0.358. The molecule has 0 atom stereocenters. The Hall–Kier alpha value is -2.59. The van der Waals surface area contributed by atoms with Crippen LogP contribution in [-0.4, -0.2) is 15.7 Å². The zero-order chi connectivity index (χ0) is 16.2. The highest BCUT2D eigenvalue weighted by molar-refractivity contribution is 6.31. The monoisotopic (exact) mass is 325 g/mol. The van der Waals surface area contributed by atoms with Gasteiger partial charge >= 0.3 is 0 Å². The van der Waals surface area contributed by atoms with Gasteiger partial charge in [0.15, 0.2) is 5.82 Å². The molecule has 0 aliphatic rings. The maximum absolute atomic E-state index is 12.3. The Morgan fingerprint density at radius 2 is 1.87 bits per heavy atom. The molecule has 0 aliphatic heterocycles. The van der Waals surface area contributed by atoms with Crippen molar-refractivity contribution < 1.29 is 4.79 Å². The van der Waals surface area contributed by atoms with Crippen LogP contribution in [0.15, 0.2) is 60.8 Å². The summed E-state index contributed by atoms with van der Waals surface area (Å²) in [6, 6.07) is 16.9. The maximum Gasteiger partial charge on any atom is 0.257 e. The molecule has 5 heteroatoms. The van der Waals surface area contributed by atoms with E-state index in [1.54, 1.807) is 16.8 Å². The molecule has 0 unspecified atom stereocenters. The van der Waals surface area contributed by atoms with Gasteiger partial charge in [-0.05, 0) is 30.2 Å². The summed E-state index contributed by atoms with van der Waals surface area (Å²) in [4.78, 5) is 12.3. The molecule has 3 rings (SSSR count). The Kier molecular flexibility index (Phi) is 4.44. The minimum absolute atomic E-state index is 0.161. The predicted octanol–water partition coefficient (Wildman–Crippen LogP) is 4.15. The topological polar surface area (TPSA) is 46.9 Å². The van der Waals surface area contributed by atoms with Crippen LogP contribution in [0.4, 0.5) is 5.82 Å². The van der Waals surface area contributed by atoms with E-state index >= 15 is 0 Å². The van der Waals surface area contributed by atoms with Gasteiger partial charge in [-0.3, -0.25) is 9.48 Å². The quantitative estimate of drug-likeness (QED) is 0.783. The second-order valence-corrected chi connectivity index (χ2v) is 5.67. The molecule has 1 amide bonds. The Labute approximate surface area is 139 Å². The molecule has 0 fully saturated rings. The van der Waals surface area contributed by atoms with E-state index in [4.69, 9.17) is 11.6 Å². The van der Waals surface area contributed by atoms with Gasteiger partial charge in [0, 0.05) is 22.8 Å². The largest absolute Gasteiger partial charge is 0.305 e. The van der Waals surface area contributed by atoms with Crippen LogP contribution in [0.5, 0.6) is 0 Å². The van der Waals surface area contributed by atoms with E-state index in [0.29, 0.717) is 22.9 Å². The number of halogens is 1. The van der Waals surface area contributed by atoms with Crippen molar-refractivity contribution in [3.63, 3.8) is 0 Å². The molecule has 0 aliphatic carbocycles. The molecule has 0 saturated heterocycles. The van der Waals surface area contributed by atoms with Crippen molar-refractivity contribution in [2.75, 3.05) is 5.32 Å². The molecule has 3 aromatic rings. The number of benzene rings is 2. The minimum atomic E-state index is -0.161. The Morgan fingerprint density at radius 1 is 1.13 bits per heavy atom. The van der Waals surface area contributed by atoms with Crippen molar-refractivity contribution in [3.05, 3.63) is 82.5 Å². The van der Waals surface area contributed by atoms with E-state index in [9.17, 15) is 4.79 Å². The van der Waals surface area contributed by atoms with Gasteiger partial charge in [-0.15, -0.1) is 0 Å². The summed E-state index contributed by atoms with van der Waals surface area (Å²) < 4.78 is 1.74. The second-order valence-electron chi connectivity index (χ2n) is 5.26. The lowest BCUT2D eigenvalue weighted by molar-refractivity contribution is 0.102. The predicted molar refractivity (Wildman–Crippen MR) is 91.9 cm³/mol. The summed E-state index contributed by atoms with van der Waals surface area (Å²) in [6.07, 6.45) is 1.82. The molecule has 0 spiro atoms. The molecule has 2 aromatic carbocycles. The number of hydrogen-bond donors (Lipinski definition) is 1. The first-order valence-electron chi connectivity index (χ1n) is 7.27. The number of hydrogen-bond acceptors (Lipinski definition) is 2. The number of nitrogens with zero attached hydrogens (tertiary/aromatic N) is 2. The fourth-order valence-corrected chi connectivity index (χ4v) is 2.52. The molecule has 1 heterocycles. The van der Waals surface area contributed by atoms with Crippen LogP contribution in [0.2, 0.25) is 5.02 Å². The summed E-state index contributed by atoms with van der Waals surface area (Å²) in [5, 5.41) is 7.89. The van der Waals surface area contributed by atoms with E-state index in [-0.39, 0.29) is 5.91 Å². The Balaban J connectivity index is 1.72. The van der Waals surface area contributed by atoms with Crippen LogP contribution in [0, 0.1) is 6.92 Å². The third-order valence-corrected chi connectivity index (χ3v) is 3.93. The van der Waals surface area contributed by atoms with Gasteiger partial charge in [-0.1, -0.05) is 48.0 Å². The molecule has 0 bridgehead atoms. The number of carbonyl (C=O) groups is 1. The lowest BCUT2D eigenvalue weighted by Crippen LogP contribution is -2.14. The number of aryl methyl sites for hydroxylation is 1. The fraction of sp³-hybridized carbons (Fsp3) is 0.111. The van der Waals surface area contributed by atoms with E-state index in [2.05, 4.69) is 10.4 Å². The summed E-state index contributed by atoms with van der Waals surface area (Å²) in [7, 11) is 0. The smallest absolute Gasteiger partial charge is 0.257 e. The van der Waals surface area contributed by atoms with Gasteiger partial charge in [0.25, 0.3) is 5.91 Å². The third-order valence-electron chi connectivity index (χ3n) is 3.56. The lowest BCUT2D eigenvalue weighted by atomic mass is 10.1. The van der Waals surface area contributed by atoms with Crippen LogP contribution in [0.25, 0.3) is 0 Å². The van der Waals surface area contributed by atoms with Crippen LogP contribution in [0.1, 0.15) is 21.5 Å². The molecule has 1 N–H and O–H groups in total. The van der Waals surface area contributed by atoms with Crippen LogP contribution in [-0.2, 0) is 6.54 Å². The number of rotatable bonds is 4. The van der Waals surface area contributed by atoms with Gasteiger partial charge in [-0.25, -0.2) is 0 Å². The van der Waals surface area contributed by atoms with E-state index < -0.39 is 0 Å². The number of aromatic nitrogens is 2. The highest BCUT2D eigenvalue weighted by Crippen LogP contribution is 2.17. The van der Waals surface area contributed by atoms with Crippen molar-refractivity contribution >= 4 is 23.3 Å². The average molecular weight is 326 g/mol. The molecule has 23 heavy (non-hydrogen) atoms. The standard InChI is InChI=1S/C18H16ClN3O/c1-13-6-2-4-8-15(13)18(23)20-17-10-11-22(21-17)12-14-7-3-5-9-16(14)19/h2-11H,12H2,1H3,(H,20,21,23). The van der Waals surface area contributed by atoms with E-state index in [1.165, 1.54) is 0 Å². The maximum atomic E-state index is 12.3. The van der Waals surface area contributed by atoms with Gasteiger partial charge in [0.05, 0.1) is 6.54 Å². The number of carbonyl (C=O) groups excluding carboxylic acids is 1. The van der Waals surface area contributed by atoms with Crippen molar-refractivity contribution in [3.8, 4) is 0 Å². The van der Waals surface area contributed by atoms with Gasteiger partial charge < -0.3 is 5.32 Å². The lowest BCUT2D eigenvalue weighted by Gasteiger charge is -2.06. The fourth-order valence-electron chi connectivity index (χ4n) is 2.33. The zero-order valence-corrected chi connectivity index (χ0v) is 13.4. The third kappa shape index (κ3) is 3.60. The van der Waals surface area contributed by atoms with Gasteiger partial charge in [0.2, 0.25) is 0 Å². The molecular weight excluding hydrogens is 310 g/mol. The first-order valence-corrected chi connectivity index (χ1v) is 7.65. The van der Waals surface area contributed by atoms with Crippen LogP contribution >= 0.6 is 11.6 Å². The highest BCUT2D eigenvalue weighted by atomic mass is 35.5. The average Bonchev–Trinajstić information content (AvgIpc) is 2.97. The van der Waals surface area contributed by atoms with Crippen molar-refractivity contribution in [1.29, 1.82) is 0 Å². The molecular formula is C18H16ClN3O. The number of anilines is 1. The van der Waals surface area contributed by atoms with E-state index in [1.807, 2.05) is 55.6 Å². The van der Waals surface area contributed by atoms with Gasteiger partial charge in [0.1, 0.15) is 0 Å². The van der Waals surface area contributed by atoms with Crippen molar-refractivity contribution in [2.24, 2.45) is 0 Å². The molecule has 4 nitrogen and oxygen atoms in total. The van der Waals surface area contributed by atoms with Crippen molar-refractivity contribution in [1.82, 2.24) is 9.78 Å². The zero-order valence-electron chi connectivity index (χ0n) is 12.7. The Morgan fingerprint density at radius 3 is 2.65 bits per heavy atom. The summed E-state index contributed by atoms with van der Waals surface area (Å²) in [6.45, 7) is 2.46. The summed E-state index contributed by atoms with van der Waals surface area (Å²) >= 11 is 6.15. The Bertz CT molecular complexity index is 842. The van der Waals surface area contributed by atoms with Crippen LogP contribution in [0.3, 0.4) is 0 Å². The van der Waals surface area contributed by atoms with Gasteiger partial charge in [-0.2, -0.15) is 5.10 Å². The highest BCUT2D eigenvalue weighted by Gasteiger charge is 2.10.